The van der Waals surface area contributed by atoms with E-state index in [9.17, 15) is 10.1 Å². The Bertz CT molecular complexity index is 1000. The molecule has 1 unspecified atom stereocenters. The highest BCUT2D eigenvalue weighted by Crippen LogP contribution is 2.32. The van der Waals surface area contributed by atoms with Gasteiger partial charge >= 0.3 is 0 Å². The molecule has 0 bridgehead atoms. The third-order valence-corrected chi connectivity index (χ3v) is 5.24. The molecule has 1 fully saturated rings. The van der Waals surface area contributed by atoms with Gasteiger partial charge in [0.25, 0.3) is 0 Å². The molecular weight excluding hydrogens is 324 g/mol. The normalized spacial score (nSPS) is 16.8. The summed E-state index contributed by atoms with van der Waals surface area (Å²) >= 11 is 0. The molecular formula is C21H20N4O. The zero-order valence-electron chi connectivity index (χ0n) is 14.7. The third kappa shape index (κ3) is 2.64. The van der Waals surface area contributed by atoms with Gasteiger partial charge in [0.1, 0.15) is 12.6 Å². The van der Waals surface area contributed by atoms with Crippen molar-refractivity contribution in [1.29, 1.82) is 5.26 Å². The molecule has 5 nitrogen and oxygen atoms in total. The average molecular weight is 344 g/mol. The van der Waals surface area contributed by atoms with E-state index in [0.29, 0.717) is 5.56 Å². The fourth-order valence-electron chi connectivity index (χ4n) is 3.95. The van der Waals surface area contributed by atoms with Crippen molar-refractivity contribution in [3.63, 3.8) is 0 Å². The molecule has 4 rings (SSSR count). The van der Waals surface area contributed by atoms with Crippen LogP contribution in [0.25, 0.3) is 10.9 Å². The summed E-state index contributed by atoms with van der Waals surface area (Å²) in [6.45, 7) is 2.91. The summed E-state index contributed by atoms with van der Waals surface area (Å²) in [6, 6.07) is 15.9. The largest absolute Gasteiger partial charge is 0.334 e. The van der Waals surface area contributed by atoms with E-state index in [1.807, 2.05) is 58.9 Å². The summed E-state index contributed by atoms with van der Waals surface area (Å²) in [4.78, 5) is 19.5. The van der Waals surface area contributed by atoms with Crippen molar-refractivity contribution in [2.45, 2.75) is 32.4 Å². The number of rotatable bonds is 3. The second kappa shape index (κ2) is 6.64. The summed E-state index contributed by atoms with van der Waals surface area (Å²) < 4.78 is 1.96. The summed E-state index contributed by atoms with van der Waals surface area (Å²) in [5, 5.41) is 10.4. The number of pyridine rings is 1. The number of hydrogen-bond donors (Lipinski definition) is 0. The molecule has 2 aromatic heterocycles. The van der Waals surface area contributed by atoms with E-state index < -0.39 is 0 Å². The first kappa shape index (κ1) is 16.3. The van der Waals surface area contributed by atoms with Crippen LogP contribution in [0, 0.1) is 18.3 Å². The Kier molecular flexibility index (Phi) is 4.18. The molecule has 1 amide bonds. The minimum atomic E-state index is 0.0428. The van der Waals surface area contributed by atoms with Crippen LogP contribution < -0.4 is 0 Å². The molecule has 0 aliphatic carbocycles. The van der Waals surface area contributed by atoms with E-state index in [1.54, 1.807) is 6.20 Å². The number of likely N-dealkylation sites (tertiary alicyclic amines) is 1. The fourth-order valence-corrected chi connectivity index (χ4v) is 3.95. The summed E-state index contributed by atoms with van der Waals surface area (Å²) in [5.74, 6) is 0.0755. The predicted octanol–water partition coefficient (Wildman–Crippen LogP) is 3.58. The van der Waals surface area contributed by atoms with Gasteiger partial charge in [0.05, 0.1) is 22.8 Å². The van der Waals surface area contributed by atoms with Crippen LogP contribution in [0.4, 0.5) is 0 Å². The van der Waals surface area contributed by atoms with Gasteiger partial charge in [-0.3, -0.25) is 9.78 Å². The quantitative estimate of drug-likeness (QED) is 0.729. The highest BCUT2D eigenvalue weighted by atomic mass is 16.2. The van der Waals surface area contributed by atoms with Crippen LogP contribution in [-0.2, 0) is 11.3 Å². The fraction of sp³-hybridized carbons (Fsp3) is 0.286. The molecule has 3 heterocycles. The van der Waals surface area contributed by atoms with Crippen LogP contribution in [0.15, 0.2) is 48.7 Å². The highest BCUT2D eigenvalue weighted by molar-refractivity contribution is 5.89. The SMILES string of the molecule is Cc1c(C#N)c2ccccc2n1CC(=O)N1CCCC1c1ccccn1. The maximum absolute atomic E-state index is 13.1. The summed E-state index contributed by atoms with van der Waals surface area (Å²) in [5.41, 5.74) is 3.38. The van der Waals surface area contributed by atoms with Crippen molar-refractivity contribution >= 4 is 16.8 Å². The van der Waals surface area contributed by atoms with E-state index in [4.69, 9.17) is 0 Å². The Morgan fingerprint density at radius 3 is 2.85 bits per heavy atom. The molecule has 5 heteroatoms. The van der Waals surface area contributed by atoms with E-state index >= 15 is 0 Å². The number of nitriles is 1. The topological polar surface area (TPSA) is 61.9 Å². The summed E-state index contributed by atoms with van der Waals surface area (Å²) in [6.07, 6.45) is 3.71. The van der Waals surface area contributed by atoms with Gasteiger partial charge in [0, 0.05) is 23.8 Å². The zero-order valence-corrected chi connectivity index (χ0v) is 14.7. The standard InChI is InChI=1S/C21H20N4O/c1-15-17(13-22)16-7-2-3-9-19(16)25(15)14-21(26)24-12-6-10-20(24)18-8-4-5-11-23-18/h2-5,7-9,11,20H,6,10,12,14H2,1H3. The van der Waals surface area contributed by atoms with Crippen molar-refractivity contribution in [1.82, 2.24) is 14.5 Å². The lowest BCUT2D eigenvalue weighted by atomic mass is 10.1. The second-order valence-corrected chi connectivity index (χ2v) is 6.68. The molecule has 0 radical (unpaired) electrons. The second-order valence-electron chi connectivity index (χ2n) is 6.68. The molecule has 1 atom stereocenters. The van der Waals surface area contributed by atoms with Crippen LogP contribution in [0.2, 0.25) is 0 Å². The smallest absolute Gasteiger partial charge is 0.243 e. The van der Waals surface area contributed by atoms with Gasteiger partial charge < -0.3 is 9.47 Å². The van der Waals surface area contributed by atoms with Crippen molar-refractivity contribution in [2.24, 2.45) is 0 Å². The first-order chi connectivity index (χ1) is 12.7. The summed E-state index contributed by atoms with van der Waals surface area (Å²) in [7, 11) is 0. The number of carbonyl (C=O) groups is 1. The molecule has 130 valence electrons. The number of hydrogen-bond acceptors (Lipinski definition) is 3. The van der Waals surface area contributed by atoms with E-state index in [1.165, 1.54) is 0 Å². The first-order valence-electron chi connectivity index (χ1n) is 8.89. The van der Waals surface area contributed by atoms with Gasteiger partial charge in [-0.25, -0.2) is 0 Å². The Morgan fingerprint density at radius 1 is 1.27 bits per heavy atom. The van der Waals surface area contributed by atoms with Crippen molar-refractivity contribution in [3.8, 4) is 6.07 Å². The number of para-hydroxylation sites is 1. The molecule has 1 aromatic carbocycles. The van der Waals surface area contributed by atoms with Crippen LogP contribution >= 0.6 is 0 Å². The van der Waals surface area contributed by atoms with Crippen LogP contribution in [0.5, 0.6) is 0 Å². The number of fused-ring (bicyclic) bond motifs is 1. The molecule has 26 heavy (non-hydrogen) atoms. The van der Waals surface area contributed by atoms with Gasteiger partial charge in [-0.15, -0.1) is 0 Å². The highest BCUT2D eigenvalue weighted by Gasteiger charge is 2.31. The Hall–Kier alpha value is -3.13. The van der Waals surface area contributed by atoms with Crippen LogP contribution in [-0.4, -0.2) is 26.9 Å². The minimum absolute atomic E-state index is 0.0428. The lowest BCUT2D eigenvalue weighted by Gasteiger charge is -2.25. The Labute approximate surface area is 152 Å². The first-order valence-corrected chi connectivity index (χ1v) is 8.89. The number of aromatic nitrogens is 2. The zero-order chi connectivity index (χ0) is 18.1. The van der Waals surface area contributed by atoms with Crippen LogP contribution in [0.3, 0.4) is 0 Å². The molecule has 1 aliphatic rings. The monoisotopic (exact) mass is 344 g/mol. The molecule has 1 aliphatic heterocycles. The van der Waals surface area contributed by atoms with E-state index in [0.717, 1.165) is 41.7 Å². The maximum atomic E-state index is 13.1. The van der Waals surface area contributed by atoms with Crippen molar-refractivity contribution in [2.75, 3.05) is 6.54 Å². The maximum Gasteiger partial charge on any atom is 0.243 e. The van der Waals surface area contributed by atoms with Crippen molar-refractivity contribution in [3.05, 3.63) is 65.6 Å². The predicted molar refractivity (Wildman–Crippen MR) is 99.3 cm³/mol. The number of benzene rings is 1. The van der Waals surface area contributed by atoms with Crippen molar-refractivity contribution < 1.29 is 4.79 Å². The van der Waals surface area contributed by atoms with Gasteiger partial charge in [-0.1, -0.05) is 24.3 Å². The van der Waals surface area contributed by atoms with E-state index in [-0.39, 0.29) is 18.5 Å². The average Bonchev–Trinajstić information content (AvgIpc) is 3.26. The molecule has 3 aromatic rings. The lowest BCUT2D eigenvalue weighted by molar-refractivity contribution is -0.132. The number of nitrogens with zero attached hydrogens (tertiary/aromatic N) is 4. The molecule has 1 saturated heterocycles. The molecule has 0 spiro atoms. The Balaban J connectivity index is 1.66. The van der Waals surface area contributed by atoms with Gasteiger partial charge in [0.15, 0.2) is 0 Å². The number of carbonyl (C=O) groups excluding carboxylic acids is 1. The molecule has 0 N–H and O–H groups in total. The van der Waals surface area contributed by atoms with Gasteiger partial charge in [-0.2, -0.15) is 5.26 Å². The third-order valence-electron chi connectivity index (χ3n) is 5.24. The Morgan fingerprint density at radius 2 is 2.08 bits per heavy atom. The van der Waals surface area contributed by atoms with Gasteiger partial charge in [0.2, 0.25) is 5.91 Å². The number of amides is 1. The van der Waals surface area contributed by atoms with E-state index in [2.05, 4.69) is 11.1 Å². The minimum Gasteiger partial charge on any atom is -0.334 e. The van der Waals surface area contributed by atoms with Crippen LogP contribution in [0.1, 0.15) is 35.8 Å². The molecule has 0 saturated carbocycles. The lowest BCUT2D eigenvalue weighted by Crippen LogP contribution is -2.34. The van der Waals surface area contributed by atoms with Gasteiger partial charge in [-0.05, 0) is 38.0 Å².